The van der Waals surface area contributed by atoms with E-state index in [1.165, 1.54) is 6.07 Å². The second-order valence-electron chi connectivity index (χ2n) is 6.02. The van der Waals surface area contributed by atoms with Gasteiger partial charge in [-0.25, -0.2) is 8.42 Å². The topological polar surface area (TPSA) is 57.2 Å². The molecule has 0 saturated carbocycles. The van der Waals surface area contributed by atoms with Crippen LogP contribution in [0.25, 0.3) is 24.3 Å². The van der Waals surface area contributed by atoms with Crippen molar-refractivity contribution in [3.63, 3.8) is 0 Å². The number of halogens is 2. The van der Waals surface area contributed by atoms with E-state index in [0.717, 1.165) is 11.1 Å². The van der Waals surface area contributed by atoms with E-state index < -0.39 is 10.1 Å². The fraction of sp³-hybridized carbons (Fsp3) is 0. The molecule has 0 aliphatic carbocycles. The van der Waals surface area contributed by atoms with Gasteiger partial charge in [0, 0.05) is 10.0 Å². The van der Waals surface area contributed by atoms with Gasteiger partial charge in [0.05, 0.1) is 4.90 Å². The van der Waals surface area contributed by atoms with Crippen molar-refractivity contribution in [1.82, 2.24) is 0 Å². The SMILES string of the molecule is O=S(=O)([O-])c1cc(/C=C/c2ccc(Cl)cc2)ccc1/C=C/c1ccc(Cl)cc1.[Na+]. The third-order valence-electron chi connectivity index (χ3n) is 3.97. The van der Waals surface area contributed by atoms with Crippen molar-refractivity contribution in [1.29, 1.82) is 0 Å². The zero-order valence-corrected chi connectivity index (χ0v) is 19.9. The van der Waals surface area contributed by atoms with Gasteiger partial charge in [-0.05, 0) is 52.6 Å². The smallest absolute Gasteiger partial charge is 0.744 e. The van der Waals surface area contributed by atoms with Gasteiger partial charge in [0.2, 0.25) is 0 Å². The molecule has 0 saturated heterocycles. The fourth-order valence-electron chi connectivity index (χ4n) is 2.54. The Kier molecular flexibility index (Phi) is 8.73. The molecule has 0 N–H and O–H groups in total. The normalized spacial score (nSPS) is 11.7. The maximum Gasteiger partial charge on any atom is 1.00 e. The molecule has 0 spiro atoms. The third-order valence-corrected chi connectivity index (χ3v) is 5.37. The van der Waals surface area contributed by atoms with Crippen LogP contribution in [0.2, 0.25) is 10.0 Å². The molecule has 3 aromatic rings. The van der Waals surface area contributed by atoms with Crippen LogP contribution in [0.5, 0.6) is 0 Å². The molecule has 142 valence electrons. The van der Waals surface area contributed by atoms with Gasteiger partial charge < -0.3 is 4.55 Å². The van der Waals surface area contributed by atoms with Crippen LogP contribution in [0.1, 0.15) is 22.3 Å². The van der Waals surface area contributed by atoms with E-state index in [9.17, 15) is 13.0 Å². The first-order valence-electron chi connectivity index (χ1n) is 8.28. The molecule has 0 amide bonds. The van der Waals surface area contributed by atoms with Gasteiger partial charge in [-0.1, -0.05) is 83.9 Å². The number of benzene rings is 3. The quantitative estimate of drug-likeness (QED) is 0.339. The molecular weight excluding hydrogens is 438 g/mol. The van der Waals surface area contributed by atoms with E-state index in [0.29, 0.717) is 21.2 Å². The average Bonchev–Trinajstić information content (AvgIpc) is 2.67. The average molecular weight is 453 g/mol. The second kappa shape index (κ2) is 10.6. The summed E-state index contributed by atoms with van der Waals surface area (Å²) in [6.45, 7) is 0. The molecule has 0 radical (unpaired) electrons. The number of rotatable bonds is 5. The van der Waals surface area contributed by atoms with Crippen LogP contribution in [-0.2, 0) is 10.1 Å². The zero-order valence-electron chi connectivity index (χ0n) is 15.5. The van der Waals surface area contributed by atoms with Crippen LogP contribution in [0, 0.1) is 0 Å². The summed E-state index contributed by atoms with van der Waals surface area (Å²) in [7, 11) is -4.63. The summed E-state index contributed by atoms with van der Waals surface area (Å²) in [6, 6.07) is 19.0. The maximum absolute atomic E-state index is 11.7. The van der Waals surface area contributed by atoms with Gasteiger partial charge >= 0.3 is 29.6 Å². The van der Waals surface area contributed by atoms with Crippen molar-refractivity contribution in [2.45, 2.75) is 4.90 Å². The summed E-state index contributed by atoms with van der Waals surface area (Å²) in [6.07, 6.45) is 6.88. The molecule has 3 aromatic carbocycles. The van der Waals surface area contributed by atoms with E-state index in [1.54, 1.807) is 66.8 Å². The van der Waals surface area contributed by atoms with Gasteiger partial charge in [0.25, 0.3) is 0 Å². The molecule has 0 bridgehead atoms. The molecule has 29 heavy (non-hydrogen) atoms. The van der Waals surface area contributed by atoms with Gasteiger partial charge in [-0.15, -0.1) is 0 Å². The van der Waals surface area contributed by atoms with Crippen molar-refractivity contribution in [3.05, 3.63) is 99.0 Å². The van der Waals surface area contributed by atoms with Gasteiger partial charge in [-0.2, -0.15) is 0 Å². The minimum Gasteiger partial charge on any atom is -0.744 e. The summed E-state index contributed by atoms with van der Waals surface area (Å²) >= 11 is 11.7. The first-order chi connectivity index (χ1) is 13.3. The summed E-state index contributed by atoms with van der Waals surface area (Å²) in [5.41, 5.74) is 2.68. The van der Waals surface area contributed by atoms with Crippen LogP contribution in [0.3, 0.4) is 0 Å². The van der Waals surface area contributed by atoms with E-state index >= 15 is 0 Å². The minimum atomic E-state index is -4.63. The number of hydrogen-bond donors (Lipinski definition) is 0. The Morgan fingerprint density at radius 1 is 0.655 bits per heavy atom. The molecular formula is C22H15Cl2NaO3S. The Balaban J connectivity index is 0.00000300. The fourth-order valence-corrected chi connectivity index (χ4v) is 3.49. The first kappa shape index (κ1) is 23.9. The largest absolute Gasteiger partial charge is 1.00 e. The molecule has 0 fully saturated rings. The molecule has 3 rings (SSSR count). The Morgan fingerprint density at radius 2 is 1.07 bits per heavy atom. The Bertz CT molecular complexity index is 1140. The van der Waals surface area contributed by atoms with Crippen molar-refractivity contribution >= 4 is 57.6 Å². The zero-order chi connectivity index (χ0) is 20.1. The molecule has 7 heteroatoms. The van der Waals surface area contributed by atoms with E-state index in [-0.39, 0.29) is 34.5 Å². The van der Waals surface area contributed by atoms with Crippen LogP contribution in [0.4, 0.5) is 0 Å². The maximum atomic E-state index is 11.7. The molecule has 0 aromatic heterocycles. The van der Waals surface area contributed by atoms with Crippen molar-refractivity contribution < 1.29 is 42.5 Å². The molecule has 0 unspecified atom stereocenters. The number of hydrogen-bond acceptors (Lipinski definition) is 3. The van der Waals surface area contributed by atoms with Crippen LogP contribution >= 0.6 is 23.2 Å². The Labute approximate surface area is 202 Å². The first-order valence-corrected chi connectivity index (χ1v) is 10.4. The second-order valence-corrected chi connectivity index (χ2v) is 8.24. The van der Waals surface area contributed by atoms with E-state index in [1.807, 2.05) is 18.2 Å². The summed E-state index contributed by atoms with van der Waals surface area (Å²) in [5.74, 6) is 0. The molecule has 0 aliphatic rings. The Hall–Kier alpha value is -1.37. The summed E-state index contributed by atoms with van der Waals surface area (Å²) in [4.78, 5) is -0.268. The standard InChI is InChI=1S/C22H16Cl2O3S.Na/c23-20-11-5-16(6-12-20)1-2-18-4-10-19(22(15-18)28(25,26)27)9-3-17-7-13-21(24)14-8-17;/h1-15H,(H,25,26,27);/q;+1/p-1/b2-1+,9-3+;. The predicted molar refractivity (Wildman–Crippen MR) is 115 cm³/mol. The van der Waals surface area contributed by atoms with E-state index in [2.05, 4.69) is 0 Å². The molecule has 0 heterocycles. The van der Waals surface area contributed by atoms with E-state index in [4.69, 9.17) is 23.2 Å². The van der Waals surface area contributed by atoms with Crippen LogP contribution in [0.15, 0.2) is 71.6 Å². The minimum absolute atomic E-state index is 0. The predicted octanol–water partition coefficient (Wildman–Crippen LogP) is 3.24. The summed E-state index contributed by atoms with van der Waals surface area (Å²) in [5, 5.41) is 1.24. The molecule has 3 nitrogen and oxygen atoms in total. The molecule has 0 atom stereocenters. The third kappa shape index (κ3) is 7.12. The van der Waals surface area contributed by atoms with Crippen molar-refractivity contribution in [2.24, 2.45) is 0 Å². The monoisotopic (exact) mass is 452 g/mol. The van der Waals surface area contributed by atoms with Crippen LogP contribution in [-0.4, -0.2) is 13.0 Å². The summed E-state index contributed by atoms with van der Waals surface area (Å²) < 4.78 is 35.2. The van der Waals surface area contributed by atoms with Crippen molar-refractivity contribution in [3.8, 4) is 0 Å². The molecule has 0 aliphatic heterocycles. The van der Waals surface area contributed by atoms with Gasteiger partial charge in [-0.3, -0.25) is 0 Å². The van der Waals surface area contributed by atoms with Gasteiger partial charge in [0.15, 0.2) is 0 Å². The Morgan fingerprint density at radius 3 is 1.55 bits per heavy atom. The van der Waals surface area contributed by atoms with Crippen LogP contribution < -0.4 is 29.6 Å². The van der Waals surface area contributed by atoms with Gasteiger partial charge in [0.1, 0.15) is 10.1 Å². The van der Waals surface area contributed by atoms with Crippen molar-refractivity contribution in [2.75, 3.05) is 0 Å².